The second-order valence-electron chi connectivity index (χ2n) is 6.84. The molecule has 0 amide bonds. The predicted molar refractivity (Wildman–Crippen MR) is 85.7 cm³/mol. The molecule has 2 nitrogen and oxygen atoms in total. The SMILES string of the molecule is CCNC(CCCC(C)C)C(C)(CC)N1CCCC1. The summed E-state index contributed by atoms with van der Waals surface area (Å²) in [6, 6.07) is 0.652. The lowest BCUT2D eigenvalue weighted by atomic mass is 9.83. The fourth-order valence-corrected chi connectivity index (χ4v) is 3.53. The van der Waals surface area contributed by atoms with E-state index in [1.807, 2.05) is 0 Å². The Morgan fingerprint density at radius 3 is 2.21 bits per heavy atom. The molecule has 1 rings (SSSR count). The largest absolute Gasteiger partial charge is 0.312 e. The molecule has 19 heavy (non-hydrogen) atoms. The molecular formula is C17H36N2. The molecule has 0 aromatic carbocycles. The molecule has 0 bridgehead atoms. The standard InChI is InChI=1S/C17H36N2/c1-6-17(5,19-13-8-9-14-19)16(18-7-2)12-10-11-15(3)4/h15-16,18H,6-14H2,1-5H3. The zero-order valence-electron chi connectivity index (χ0n) is 14.0. The maximum atomic E-state index is 3.78. The molecule has 0 aromatic rings. The Kier molecular flexibility index (Phi) is 7.38. The van der Waals surface area contributed by atoms with Crippen molar-refractivity contribution in [1.82, 2.24) is 10.2 Å². The highest BCUT2D eigenvalue weighted by Crippen LogP contribution is 2.30. The summed E-state index contributed by atoms with van der Waals surface area (Å²) in [7, 11) is 0. The van der Waals surface area contributed by atoms with Gasteiger partial charge in [-0.2, -0.15) is 0 Å². The molecule has 1 aliphatic rings. The van der Waals surface area contributed by atoms with E-state index in [9.17, 15) is 0 Å². The van der Waals surface area contributed by atoms with Crippen LogP contribution in [0.2, 0.25) is 0 Å². The Morgan fingerprint density at radius 1 is 1.11 bits per heavy atom. The Hall–Kier alpha value is -0.0800. The highest BCUT2D eigenvalue weighted by Gasteiger charge is 2.38. The smallest absolute Gasteiger partial charge is 0.0331 e. The summed E-state index contributed by atoms with van der Waals surface area (Å²) in [4.78, 5) is 2.75. The van der Waals surface area contributed by atoms with Crippen LogP contribution in [0.1, 0.15) is 73.1 Å². The summed E-state index contributed by atoms with van der Waals surface area (Å²) in [5, 5.41) is 3.78. The van der Waals surface area contributed by atoms with Crippen LogP contribution in [0.3, 0.4) is 0 Å². The molecule has 1 heterocycles. The second kappa shape index (κ2) is 8.26. The average molecular weight is 268 g/mol. The maximum absolute atomic E-state index is 3.78. The Labute approximate surface area is 121 Å². The van der Waals surface area contributed by atoms with Gasteiger partial charge in [-0.25, -0.2) is 0 Å². The second-order valence-corrected chi connectivity index (χ2v) is 6.84. The number of rotatable bonds is 9. The first kappa shape index (κ1) is 17.0. The topological polar surface area (TPSA) is 15.3 Å². The van der Waals surface area contributed by atoms with Crippen molar-refractivity contribution in [1.29, 1.82) is 0 Å². The number of nitrogens with zero attached hydrogens (tertiary/aromatic N) is 1. The van der Waals surface area contributed by atoms with Crippen LogP contribution in [0, 0.1) is 5.92 Å². The highest BCUT2D eigenvalue weighted by molar-refractivity contribution is 4.97. The van der Waals surface area contributed by atoms with Gasteiger partial charge in [0.2, 0.25) is 0 Å². The van der Waals surface area contributed by atoms with Gasteiger partial charge in [-0.1, -0.05) is 40.5 Å². The number of hydrogen-bond acceptors (Lipinski definition) is 2. The summed E-state index contributed by atoms with van der Waals surface area (Å²) in [5.41, 5.74) is 0.351. The van der Waals surface area contributed by atoms with Gasteiger partial charge in [0.15, 0.2) is 0 Å². The van der Waals surface area contributed by atoms with Crippen molar-refractivity contribution in [2.24, 2.45) is 5.92 Å². The Balaban J connectivity index is 2.63. The zero-order chi connectivity index (χ0) is 14.3. The third kappa shape index (κ3) is 4.75. The van der Waals surface area contributed by atoms with Crippen LogP contribution in [0.5, 0.6) is 0 Å². The fraction of sp³-hybridized carbons (Fsp3) is 1.00. The van der Waals surface area contributed by atoms with E-state index in [-0.39, 0.29) is 0 Å². The van der Waals surface area contributed by atoms with Gasteiger partial charge in [0, 0.05) is 11.6 Å². The van der Waals surface area contributed by atoms with Gasteiger partial charge in [-0.3, -0.25) is 4.90 Å². The van der Waals surface area contributed by atoms with Gasteiger partial charge in [-0.15, -0.1) is 0 Å². The lowest BCUT2D eigenvalue weighted by Gasteiger charge is -2.45. The predicted octanol–water partition coefficient (Wildman–Crippen LogP) is 4.06. The molecule has 0 aliphatic carbocycles. The molecule has 0 aromatic heterocycles. The van der Waals surface area contributed by atoms with Gasteiger partial charge < -0.3 is 5.32 Å². The normalized spacial score (nSPS) is 21.8. The van der Waals surface area contributed by atoms with Gasteiger partial charge in [0.05, 0.1) is 0 Å². The molecule has 1 aliphatic heterocycles. The molecule has 1 saturated heterocycles. The first-order valence-electron chi connectivity index (χ1n) is 8.53. The monoisotopic (exact) mass is 268 g/mol. The minimum Gasteiger partial charge on any atom is -0.312 e. The lowest BCUT2D eigenvalue weighted by Crippen LogP contribution is -2.58. The molecular weight excluding hydrogens is 232 g/mol. The van der Waals surface area contributed by atoms with Crippen molar-refractivity contribution in [3.05, 3.63) is 0 Å². The number of likely N-dealkylation sites (N-methyl/N-ethyl adjacent to an activating group) is 1. The molecule has 1 fully saturated rings. The molecule has 0 spiro atoms. The quantitative estimate of drug-likeness (QED) is 0.678. The van der Waals surface area contributed by atoms with Crippen molar-refractivity contribution >= 4 is 0 Å². The Bertz CT molecular complexity index is 233. The van der Waals surface area contributed by atoms with E-state index in [2.05, 4.69) is 44.8 Å². The lowest BCUT2D eigenvalue weighted by molar-refractivity contribution is 0.0794. The third-order valence-electron chi connectivity index (χ3n) is 5.02. The van der Waals surface area contributed by atoms with E-state index in [0.717, 1.165) is 12.5 Å². The number of hydrogen-bond donors (Lipinski definition) is 1. The van der Waals surface area contributed by atoms with Crippen LogP contribution in [0.4, 0.5) is 0 Å². The molecule has 2 heteroatoms. The first-order valence-corrected chi connectivity index (χ1v) is 8.53. The third-order valence-corrected chi connectivity index (χ3v) is 5.02. The zero-order valence-corrected chi connectivity index (χ0v) is 14.0. The van der Waals surface area contributed by atoms with Crippen LogP contribution in [-0.4, -0.2) is 36.1 Å². The summed E-state index contributed by atoms with van der Waals surface area (Å²) in [5.74, 6) is 0.835. The highest BCUT2D eigenvalue weighted by atomic mass is 15.2. The average Bonchev–Trinajstić information content (AvgIpc) is 2.91. The van der Waals surface area contributed by atoms with E-state index in [1.165, 1.54) is 51.6 Å². The molecule has 1 N–H and O–H groups in total. The van der Waals surface area contributed by atoms with Crippen LogP contribution < -0.4 is 5.32 Å². The molecule has 0 radical (unpaired) electrons. The molecule has 0 saturated carbocycles. The van der Waals surface area contributed by atoms with Crippen molar-refractivity contribution in [2.45, 2.75) is 84.7 Å². The van der Waals surface area contributed by atoms with Crippen molar-refractivity contribution in [3.63, 3.8) is 0 Å². The molecule has 2 atom stereocenters. The summed E-state index contributed by atoms with van der Waals surface area (Å²) in [6.07, 6.45) is 8.08. The maximum Gasteiger partial charge on any atom is 0.0331 e. The van der Waals surface area contributed by atoms with Crippen LogP contribution in [0.15, 0.2) is 0 Å². The van der Waals surface area contributed by atoms with Crippen LogP contribution in [0.25, 0.3) is 0 Å². The van der Waals surface area contributed by atoms with Crippen molar-refractivity contribution in [2.75, 3.05) is 19.6 Å². The van der Waals surface area contributed by atoms with E-state index >= 15 is 0 Å². The van der Waals surface area contributed by atoms with E-state index in [0.29, 0.717) is 11.6 Å². The summed E-state index contributed by atoms with van der Waals surface area (Å²) < 4.78 is 0. The number of likely N-dealkylation sites (tertiary alicyclic amines) is 1. The Morgan fingerprint density at radius 2 is 1.74 bits per heavy atom. The minimum atomic E-state index is 0.351. The van der Waals surface area contributed by atoms with Gasteiger partial charge in [0.25, 0.3) is 0 Å². The van der Waals surface area contributed by atoms with Crippen molar-refractivity contribution < 1.29 is 0 Å². The van der Waals surface area contributed by atoms with Crippen molar-refractivity contribution in [3.8, 4) is 0 Å². The fourth-order valence-electron chi connectivity index (χ4n) is 3.53. The van der Waals surface area contributed by atoms with Gasteiger partial charge in [-0.05, 0) is 58.2 Å². The molecule has 114 valence electrons. The van der Waals surface area contributed by atoms with Gasteiger partial charge >= 0.3 is 0 Å². The van der Waals surface area contributed by atoms with E-state index < -0.39 is 0 Å². The molecule has 2 unspecified atom stereocenters. The van der Waals surface area contributed by atoms with Crippen LogP contribution in [-0.2, 0) is 0 Å². The van der Waals surface area contributed by atoms with E-state index in [4.69, 9.17) is 0 Å². The minimum absolute atomic E-state index is 0.351. The summed E-state index contributed by atoms with van der Waals surface area (Å²) >= 11 is 0. The van der Waals surface area contributed by atoms with Gasteiger partial charge in [0.1, 0.15) is 0 Å². The summed E-state index contributed by atoms with van der Waals surface area (Å²) in [6.45, 7) is 15.5. The van der Waals surface area contributed by atoms with Crippen LogP contribution >= 0.6 is 0 Å². The first-order chi connectivity index (χ1) is 9.04. The van der Waals surface area contributed by atoms with E-state index in [1.54, 1.807) is 0 Å². The number of nitrogens with one attached hydrogen (secondary N) is 1.